The van der Waals surface area contributed by atoms with Crippen molar-refractivity contribution < 1.29 is 23.6 Å². The van der Waals surface area contributed by atoms with Gasteiger partial charge in [-0.3, -0.25) is 14.9 Å². The van der Waals surface area contributed by atoms with Crippen molar-refractivity contribution in [2.24, 2.45) is 0 Å². The van der Waals surface area contributed by atoms with E-state index >= 15 is 0 Å². The molecule has 0 aliphatic rings. The van der Waals surface area contributed by atoms with Gasteiger partial charge in [0, 0.05) is 6.07 Å². The van der Waals surface area contributed by atoms with Crippen LogP contribution in [-0.2, 0) is 11.2 Å². The Bertz CT molecular complexity index is 436. The molecule has 0 amide bonds. The number of nitrogens with zero attached hydrogens (tertiary/aromatic N) is 2. The van der Waals surface area contributed by atoms with Crippen molar-refractivity contribution >= 4 is 11.7 Å². The minimum atomic E-state index is -2.96. The van der Waals surface area contributed by atoms with Crippen molar-refractivity contribution in [3.05, 3.63) is 33.6 Å². The average Bonchev–Trinajstić information content (AvgIpc) is 2.15. The molecule has 1 rings (SSSR count). The van der Waals surface area contributed by atoms with Crippen LogP contribution in [0, 0.1) is 10.1 Å². The molecule has 0 saturated heterocycles. The van der Waals surface area contributed by atoms with Crippen LogP contribution < -0.4 is 0 Å². The van der Waals surface area contributed by atoms with Gasteiger partial charge >= 0.3 is 5.97 Å². The number of nitro groups is 1. The fourth-order valence-electron chi connectivity index (χ4n) is 1.11. The predicted octanol–water partition coefficient (Wildman–Crippen LogP) is 1.55. The van der Waals surface area contributed by atoms with E-state index in [0.29, 0.717) is 6.20 Å². The summed E-state index contributed by atoms with van der Waals surface area (Å²) in [5.74, 6) is -1.36. The van der Waals surface area contributed by atoms with Crippen LogP contribution in [-0.4, -0.2) is 21.0 Å². The van der Waals surface area contributed by atoms with Crippen LogP contribution in [0.25, 0.3) is 0 Å². The second-order valence-corrected chi connectivity index (χ2v) is 2.87. The molecule has 86 valence electrons. The van der Waals surface area contributed by atoms with E-state index in [4.69, 9.17) is 5.11 Å². The Morgan fingerprint density at radius 1 is 1.62 bits per heavy atom. The lowest BCUT2D eigenvalue weighted by atomic mass is 10.1. The topological polar surface area (TPSA) is 93.3 Å². The second-order valence-electron chi connectivity index (χ2n) is 2.87. The molecule has 0 bridgehead atoms. The number of pyridine rings is 1. The first kappa shape index (κ1) is 12.0. The van der Waals surface area contributed by atoms with E-state index in [9.17, 15) is 23.7 Å². The van der Waals surface area contributed by atoms with Crippen molar-refractivity contribution in [3.63, 3.8) is 0 Å². The number of carboxylic acids is 1. The van der Waals surface area contributed by atoms with E-state index in [0.717, 1.165) is 6.07 Å². The van der Waals surface area contributed by atoms with Gasteiger partial charge in [-0.25, -0.2) is 13.8 Å². The number of aromatic nitrogens is 1. The summed E-state index contributed by atoms with van der Waals surface area (Å²) >= 11 is 0. The lowest BCUT2D eigenvalue weighted by Crippen LogP contribution is -2.07. The molecule has 0 atom stereocenters. The lowest BCUT2D eigenvalue weighted by Gasteiger charge is -2.04. The Kier molecular flexibility index (Phi) is 3.44. The maximum atomic E-state index is 12.4. The highest BCUT2D eigenvalue weighted by Crippen LogP contribution is 2.24. The number of carboxylic acid groups (broad SMARTS) is 1. The summed E-state index contributed by atoms with van der Waals surface area (Å²) in [6, 6.07) is 0.794. The summed E-state index contributed by atoms with van der Waals surface area (Å²) in [6.07, 6.45) is -3.02. The van der Waals surface area contributed by atoms with Gasteiger partial charge in [0.2, 0.25) is 0 Å². The van der Waals surface area contributed by atoms with Gasteiger partial charge in [-0.05, 0) is 5.56 Å². The quantitative estimate of drug-likeness (QED) is 0.627. The highest BCUT2D eigenvalue weighted by atomic mass is 19.3. The first-order valence-corrected chi connectivity index (χ1v) is 4.05. The van der Waals surface area contributed by atoms with Crippen LogP contribution in [0.3, 0.4) is 0 Å². The molecule has 0 aromatic carbocycles. The molecular weight excluding hydrogens is 226 g/mol. The largest absolute Gasteiger partial charge is 0.481 e. The third-order valence-electron chi connectivity index (χ3n) is 1.75. The number of halogens is 2. The molecule has 8 heteroatoms. The van der Waals surface area contributed by atoms with Gasteiger partial charge in [-0.1, -0.05) is 0 Å². The summed E-state index contributed by atoms with van der Waals surface area (Å²) in [5, 5.41) is 18.8. The van der Waals surface area contributed by atoms with Crippen LogP contribution in [0.2, 0.25) is 0 Å². The van der Waals surface area contributed by atoms with E-state index in [1.807, 2.05) is 0 Å². The predicted molar refractivity (Wildman–Crippen MR) is 47.2 cm³/mol. The second kappa shape index (κ2) is 4.60. The first-order chi connectivity index (χ1) is 7.41. The molecule has 0 radical (unpaired) electrons. The van der Waals surface area contributed by atoms with Gasteiger partial charge in [0.05, 0.1) is 11.3 Å². The molecule has 0 saturated carbocycles. The Hall–Kier alpha value is -2.12. The van der Waals surface area contributed by atoms with Crippen molar-refractivity contribution in [3.8, 4) is 0 Å². The van der Waals surface area contributed by atoms with E-state index in [2.05, 4.69) is 4.98 Å². The third-order valence-corrected chi connectivity index (χ3v) is 1.75. The van der Waals surface area contributed by atoms with E-state index < -0.39 is 35.1 Å². The van der Waals surface area contributed by atoms with Crippen LogP contribution in [0.1, 0.15) is 17.7 Å². The van der Waals surface area contributed by atoms with Gasteiger partial charge in [0.25, 0.3) is 12.1 Å². The Labute approximate surface area is 87.7 Å². The summed E-state index contributed by atoms with van der Waals surface area (Å²) in [5.41, 5.74) is -1.61. The smallest absolute Gasteiger partial charge is 0.307 e. The van der Waals surface area contributed by atoms with Crippen LogP contribution in [0.15, 0.2) is 12.3 Å². The van der Waals surface area contributed by atoms with Gasteiger partial charge < -0.3 is 5.11 Å². The molecule has 0 fully saturated rings. The van der Waals surface area contributed by atoms with E-state index in [1.165, 1.54) is 0 Å². The van der Waals surface area contributed by atoms with Gasteiger partial charge in [0.15, 0.2) is 0 Å². The van der Waals surface area contributed by atoms with Crippen LogP contribution in [0.5, 0.6) is 0 Å². The molecule has 16 heavy (non-hydrogen) atoms. The number of carbonyl (C=O) groups is 1. The maximum absolute atomic E-state index is 12.4. The summed E-state index contributed by atoms with van der Waals surface area (Å²) in [4.78, 5) is 23.1. The standard InChI is InChI=1S/C8H6F2N2O4/c9-8(10)7-4(2-6(13)14)1-5(3-11-7)12(15)16/h1,3,8H,2H2,(H,13,14). The zero-order valence-corrected chi connectivity index (χ0v) is 7.76. The normalized spacial score (nSPS) is 10.4. The highest BCUT2D eigenvalue weighted by Gasteiger charge is 2.20. The summed E-state index contributed by atoms with van der Waals surface area (Å²) in [6.45, 7) is 0. The van der Waals surface area contributed by atoms with Crippen LogP contribution in [0.4, 0.5) is 14.5 Å². The van der Waals surface area contributed by atoms with Gasteiger partial charge in [0.1, 0.15) is 11.9 Å². The van der Waals surface area contributed by atoms with E-state index in [-0.39, 0.29) is 5.56 Å². The molecule has 0 spiro atoms. The number of hydrogen-bond donors (Lipinski definition) is 1. The Morgan fingerprint density at radius 2 is 2.25 bits per heavy atom. The van der Waals surface area contributed by atoms with Crippen LogP contribution >= 0.6 is 0 Å². The minimum Gasteiger partial charge on any atom is -0.481 e. The minimum absolute atomic E-state index is 0.350. The van der Waals surface area contributed by atoms with Crippen molar-refractivity contribution in [2.75, 3.05) is 0 Å². The molecule has 0 aliphatic carbocycles. The number of aliphatic carboxylic acids is 1. The number of alkyl halides is 2. The molecule has 6 nitrogen and oxygen atoms in total. The average molecular weight is 232 g/mol. The van der Waals surface area contributed by atoms with Gasteiger partial charge in [-0.15, -0.1) is 0 Å². The van der Waals surface area contributed by atoms with Crippen molar-refractivity contribution in [1.29, 1.82) is 0 Å². The fourth-order valence-corrected chi connectivity index (χ4v) is 1.11. The van der Waals surface area contributed by atoms with E-state index in [1.54, 1.807) is 0 Å². The van der Waals surface area contributed by atoms with Gasteiger partial charge in [-0.2, -0.15) is 0 Å². The Morgan fingerprint density at radius 3 is 2.69 bits per heavy atom. The molecule has 0 aliphatic heterocycles. The van der Waals surface area contributed by atoms with Crippen molar-refractivity contribution in [1.82, 2.24) is 4.98 Å². The highest BCUT2D eigenvalue weighted by molar-refractivity contribution is 5.70. The molecular formula is C8H6F2N2O4. The molecule has 0 unspecified atom stereocenters. The number of rotatable bonds is 4. The van der Waals surface area contributed by atoms with Crippen molar-refractivity contribution in [2.45, 2.75) is 12.8 Å². The zero-order chi connectivity index (χ0) is 12.3. The monoisotopic (exact) mass is 232 g/mol. The maximum Gasteiger partial charge on any atom is 0.307 e. The summed E-state index contributed by atoms with van der Waals surface area (Å²) < 4.78 is 24.8. The molecule has 1 aromatic heterocycles. The third kappa shape index (κ3) is 2.69. The number of hydrogen-bond acceptors (Lipinski definition) is 4. The first-order valence-electron chi connectivity index (χ1n) is 4.05. The molecule has 1 N–H and O–H groups in total. The Balaban J connectivity index is 3.20. The fraction of sp³-hybridized carbons (Fsp3) is 0.250. The zero-order valence-electron chi connectivity index (χ0n) is 7.76. The summed E-state index contributed by atoms with van der Waals surface area (Å²) in [7, 11) is 0. The molecule has 1 aromatic rings. The molecule has 1 heterocycles. The SMILES string of the molecule is O=C(O)Cc1cc([N+](=O)[O-])cnc1C(F)F. The lowest BCUT2D eigenvalue weighted by molar-refractivity contribution is -0.385.